The Balaban J connectivity index is 2.49. The number of methoxy groups -OCH3 is 1. The molecule has 1 amide bonds. The van der Waals surface area contributed by atoms with Crippen molar-refractivity contribution in [3.63, 3.8) is 0 Å². The van der Waals surface area contributed by atoms with Gasteiger partial charge in [0.05, 0.1) is 19.8 Å². The third-order valence-electron chi connectivity index (χ3n) is 5.90. The van der Waals surface area contributed by atoms with E-state index in [9.17, 15) is 29.5 Å². The Morgan fingerprint density at radius 2 is 1.74 bits per heavy atom. The number of rotatable bonds is 13. The molecule has 0 saturated carbocycles. The van der Waals surface area contributed by atoms with Gasteiger partial charge >= 0.3 is 13.7 Å². The Kier molecular flexibility index (Phi) is 12.0. The maximum absolute atomic E-state index is 14.3. The monoisotopic (exact) mass is 562 g/mol. The molecular weight excluding hydrogens is 523 g/mol. The van der Waals surface area contributed by atoms with Gasteiger partial charge < -0.3 is 39.4 Å². The van der Waals surface area contributed by atoms with Crippen LogP contribution in [0, 0.1) is 5.92 Å². The van der Waals surface area contributed by atoms with Gasteiger partial charge in [-0.3, -0.25) is 14.1 Å². The molecule has 0 spiro atoms. The largest absolute Gasteiger partial charge is 0.497 e. The van der Waals surface area contributed by atoms with Crippen molar-refractivity contribution in [1.82, 2.24) is 10.4 Å². The van der Waals surface area contributed by atoms with Gasteiger partial charge in [0.15, 0.2) is 6.29 Å². The van der Waals surface area contributed by atoms with Crippen molar-refractivity contribution in [2.75, 3.05) is 13.7 Å². The van der Waals surface area contributed by atoms with Crippen LogP contribution in [-0.2, 0) is 28.2 Å². The first-order valence-corrected chi connectivity index (χ1v) is 13.9. The number of amides is 1. The summed E-state index contributed by atoms with van der Waals surface area (Å²) >= 11 is 0. The van der Waals surface area contributed by atoms with E-state index in [1.807, 2.05) is 6.92 Å². The van der Waals surface area contributed by atoms with Gasteiger partial charge in [-0.05, 0) is 43.5 Å². The summed E-state index contributed by atoms with van der Waals surface area (Å²) in [5.74, 6) is -1.17. The topological polar surface area (TPSA) is 182 Å². The zero-order valence-corrected chi connectivity index (χ0v) is 23.3. The molecule has 1 saturated heterocycles. The van der Waals surface area contributed by atoms with E-state index >= 15 is 0 Å². The molecule has 1 aliphatic heterocycles. The van der Waals surface area contributed by atoms with Crippen LogP contribution in [-0.4, -0.2) is 83.7 Å². The molecule has 1 fully saturated rings. The van der Waals surface area contributed by atoms with Gasteiger partial charge in [0.2, 0.25) is 5.91 Å². The van der Waals surface area contributed by atoms with Gasteiger partial charge in [0.1, 0.15) is 41.9 Å². The maximum atomic E-state index is 14.3. The lowest BCUT2D eigenvalue weighted by molar-refractivity contribution is -0.250. The molecule has 3 unspecified atom stereocenters. The first-order valence-electron chi connectivity index (χ1n) is 12.3. The quantitative estimate of drug-likeness (QED) is 0.171. The Hall–Kier alpha value is -2.25. The number of ether oxygens (including phenoxy) is 3. The van der Waals surface area contributed by atoms with E-state index in [2.05, 4.69) is 10.4 Å². The van der Waals surface area contributed by atoms with Crippen LogP contribution in [0.2, 0.25) is 0 Å². The Morgan fingerprint density at radius 1 is 1.13 bits per heavy atom. The van der Waals surface area contributed by atoms with Gasteiger partial charge in [-0.15, -0.1) is 0 Å². The molecule has 0 aromatic heterocycles. The first kappa shape index (κ1) is 32.0. The number of nitrogens with one attached hydrogen (secondary N) is 2. The van der Waals surface area contributed by atoms with Crippen LogP contribution in [0.25, 0.3) is 0 Å². The highest BCUT2D eigenvalue weighted by molar-refractivity contribution is 7.52. The van der Waals surface area contributed by atoms with E-state index < -0.39 is 74.9 Å². The fourth-order valence-corrected chi connectivity index (χ4v) is 5.49. The van der Waals surface area contributed by atoms with Crippen molar-refractivity contribution in [1.29, 1.82) is 0 Å². The minimum Gasteiger partial charge on any atom is -0.497 e. The lowest BCUT2D eigenvalue weighted by Crippen LogP contribution is -2.64. The van der Waals surface area contributed by atoms with Gasteiger partial charge in [-0.25, -0.2) is 4.57 Å². The molecule has 14 heteroatoms. The Morgan fingerprint density at radius 3 is 2.24 bits per heavy atom. The van der Waals surface area contributed by atoms with Gasteiger partial charge in [0.25, 0.3) is 0 Å². The van der Waals surface area contributed by atoms with Crippen LogP contribution in [0.15, 0.2) is 24.3 Å². The highest BCUT2D eigenvalue weighted by atomic mass is 31.2. The van der Waals surface area contributed by atoms with Crippen LogP contribution in [0.1, 0.15) is 41.0 Å². The third kappa shape index (κ3) is 8.63. The standard InChI is InChI=1S/C24H39N2O11P/c1-7-14(4)34-23(30)19(13(2)3)26-38(32,36-17-10-8-16(33-6)9-11-17)37-22-20(25-15(5)28)24(31)35-18(12-27)21(22)29/h8-11,13-14,18-22,24,27,29,31H,7,12H2,1-6H3,(H,25,28)(H,26,32)/t14?,18-,19+,20-,21-,22-,24?,38?/m1/s1. The van der Waals surface area contributed by atoms with Crippen molar-refractivity contribution < 1.29 is 52.7 Å². The predicted molar refractivity (Wildman–Crippen MR) is 135 cm³/mol. The first-order chi connectivity index (χ1) is 17.8. The van der Waals surface area contributed by atoms with Crippen molar-refractivity contribution in [2.24, 2.45) is 5.92 Å². The molecule has 1 aromatic carbocycles. The average Bonchev–Trinajstić information content (AvgIpc) is 2.86. The number of aliphatic hydroxyl groups is 3. The molecule has 38 heavy (non-hydrogen) atoms. The number of hydrogen-bond donors (Lipinski definition) is 5. The summed E-state index contributed by atoms with van der Waals surface area (Å²) in [6.45, 7) is 7.40. The van der Waals surface area contributed by atoms with Crippen LogP contribution in [0.5, 0.6) is 11.5 Å². The molecule has 1 heterocycles. The molecule has 0 radical (unpaired) electrons. The number of esters is 1. The molecular formula is C24H39N2O11P. The molecule has 13 nitrogen and oxygen atoms in total. The Labute approximate surface area is 222 Å². The van der Waals surface area contributed by atoms with Gasteiger partial charge in [-0.1, -0.05) is 20.8 Å². The van der Waals surface area contributed by atoms with Crippen LogP contribution in [0.3, 0.4) is 0 Å². The number of carbonyl (C=O) groups excluding carboxylic acids is 2. The second kappa shape index (κ2) is 14.2. The number of carbonyl (C=O) groups is 2. The van der Waals surface area contributed by atoms with Crippen LogP contribution >= 0.6 is 7.75 Å². The molecule has 1 aliphatic rings. The number of benzene rings is 1. The summed E-state index contributed by atoms with van der Waals surface area (Å²) in [6.07, 6.45) is -6.15. The number of aliphatic hydroxyl groups excluding tert-OH is 3. The van der Waals surface area contributed by atoms with E-state index in [-0.39, 0.29) is 5.75 Å². The molecule has 0 bridgehead atoms. The summed E-state index contributed by atoms with van der Waals surface area (Å²) in [5.41, 5.74) is 0. The lowest BCUT2D eigenvalue weighted by Gasteiger charge is -2.43. The van der Waals surface area contributed by atoms with Crippen molar-refractivity contribution >= 4 is 19.6 Å². The zero-order valence-electron chi connectivity index (χ0n) is 22.4. The van der Waals surface area contributed by atoms with E-state index in [4.69, 9.17) is 23.3 Å². The zero-order chi connectivity index (χ0) is 28.6. The summed E-state index contributed by atoms with van der Waals surface area (Å²) < 4.78 is 41.5. The summed E-state index contributed by atoms with van der Waals surface area (Å²) in [6, 6.07) is 3.44. The molecule has 2 rings (SSSR count). The van der Waals surface area contributed by atoms with E-state index in [0.29, 0.717) is 12.2 Å². The maximum Gasteiger partial charge on any atom is 0.459 e. The average molecular weight is 563 g/mol. The summed E-state index contributed by atoms with van der Waals surface area (Å²) in [5, 5.41) is 35.9. The molecule has 216 valence electrons. The molecule has 8 atom stereocenters. The van der Waals surface area contributed by atoms with E-state index in [0.717, 1.165) is 0 Å². The minimum absolute atomic E-state index is 0.0660. The fourth-order valence-electron chi connectivity index (χ4n) is 3.61. The van der Waals surface area contributed by atoms with E-state index in [1.165, 1.54) is 26.2 Å². The second-order valence-electron chi connectivity index (χ2n) is 9.31. The van der Waals surface area contributed by atoms with Gasteiger partial charge in [-0.2, -0.15) is 5.09 Å². The Bertz CT molecular complexity index is 961. The smallest absolute Gasteiger partial charge is 0.459 e. The fraction of sp³-hybridized carbons (Fsp3) is 0.667. The van der Waals surface area contributed by atoms with Gasteiger partial charge in [0, 0.05) is 6.92 Å². The predicted octanol–water partition coefficient (Wildman–Crippen LogP) is 1.10. The summed E-state index contributed by atoms with van der Waals surface area (Å²) in [7, 11) is -3.11. The van der Waals surface area contributed by atoms with Crippen LogP contribution in [0.4, 0.5) is 0 Å². The third-order valence-corrected chi connectivity index (χ3v) is 7.46. The highest BCUT2D eigenvalue weighted by Gasteiger charge is 2.50. The number of hydrogen-bond acceptors (Lipinski definition) is 11. The normalized spacial score (nSPS) is 26.6. The van der Waals surface area contributed by atoms with E-state index in [1.54, 1.807) is 32.9 Å². The molecule has 5 N–H and O–H groups in total. The minimum atomic E-state index is -4.58. The van der Waals surface area contributed by atoms with Crippen molar-refractivity contribution in [3.8, 4) is 11.5 Å². The second-order valence-corrected chi connectivity index (χ2v) is 11.0. The summed E-state index contributed by atoms with van der Waals surface area (Å²) in [4.78, 5) is 24.8. The SMILES string of the molecule is CCC(C)OC(=O)[C@@H](NP(=O)(Oc1ccc(OC)cc1)O[C@H]1[C@H](O)[C@@H](CO)OC(O)[C@@H]1NC(C)=O)C(C)C. The lowest BCUT2D eigenvalue weighted by atomic mass is 9.97. The molecule has 0 aliphatic carbocycles. The molecule has 1 aromatic rings. The highest BCUT2D eigenvalue weighted by Crippen LogP contribution is 2.48. The van der Waals surface area contributed by atoms with Crippen LogP contribution < -0.4 is 19.7 Å². The van der Waals surface area contributed by atoms with Crippen molar-refractivity contribution in [3.05, 3.63) is 24.3 Å². The van der Waals surface area contributed by atoms with Crippen molar-refractivity contribution in [2.45, 2.75) is 83.8 Å².